The van der Waals surface area contributed by atoms with Crippen molar-refractivity contribution in [2.45, 2.75) is 23.6 Å². The van der Waals surface area contributed by atoms with E-state index in [1.54, 1.807) is 6.07 Å². The first-order chi connectivity index (χ1) is 23.0. The maximum atomic E-state index is 15.0. The van der Waals surface area contributed by atoms with Crippen LogP contribution in [0.3, 0.4) is 0 Å². The summed E-state index contributed by atoms with van der Waals surface area (Å²) in [4.78, 5) is 46.3. The molecule has 5 aromatic carbocycles. The molecule has 1 spiro atoms. The molecular formula is C40H29FN2O4. The number of hydrogen-bond acceptors (Lipinski definition) is 5. The van der Waals surface area contributed by atoms with Crippen molar-refractivity contribution >= 4 is 35.1 Å². The second kappa shape index (κ2) is 11.2. The van der Waals surface area contributed by atoms with Crippen LogP contribution >= 0.6 is 0 Å². The number of hydrogen-bond donors (Lipinski definition) is 1. The Morgan fingerprint density at radius 3 is 2.09 bits per heavy atom. The molecule has 0 unspecified atom stereocenters. The Bertz CT molecular complexity index is 2010. The summed E-state index contributed by atoms with van der Waals surface area (Å²) in [7, 11) is 0. The number of amides is 1. The number of para-hydroxylation sites is 2. The van der Waals surface area contributed by atoms with Crippen LogP contribution < -0.4 is 10.2 Å². The molecule has 1 fully saturated rings. The van der Waals surface area contributed by atoms with Crippen molar-refractivity contribution in [2.75, 3.05) is 10.2 Å². The quantitative estimate of drug-likeness (QED) is 0.162. The highest BCUT2D eigenvalue weighted by Crippen LogP contribution is 2.58. The number of halogens is 1. The molecule has 0 bridgehead atoms. The van der Waals surface area contributed by atoms with Crippen molar-refractivity contribution in [3.63, 3.8) is 0 Å². The second-order valence-corrected chi connectivity index (χ2v) is 12.1. The molecule has 0 aromatic heterocycles. The Hall–Kier alpha value is -5.82. The van der Waals surface area contributed by atoms with Gasteiger partial charge in [0.1, 0.15) is 17.3 Å². The van der Waals surface area contributed by atoms with E-state index in [4.69, 9.17) is 4.74 Å². The van der Waals surface area contributed by atoms with Crippen LogP contribution in [0.4, 0.5) is 15.8 Å². The van der Waals surface area contributed by atoms with Crippen LogP contribution in [0.15, 0.2) is 140 Å². The van der Waals surface area contributed by atoms with Gasteiger partial charge < -0.3 is 15.0 Å². The van der Waals surface area contributed by atoms with Crippen molar-refractivity contribution in [3.8, 4) is 0 Å². The van der Waals surface area contributed by atoms with E-state index >= 15 is 0 Å². The maximum absolute atomic E-state index is 15.0. The van der Waals surface area contributed by atoms with Gasteiger partial charge in [0.15, 0.2) is 11.9 Å². The number of carbonyl (C=O) groups excluding carboxylic acids is 3. The Kier molecular flexibility index (Phi) is 6.83. The van der Waals surface area contributed by atoms with Gasteiger partial charge in [0.05, 0.1) is 12.0 Å². The Labute approximate surface area is 271 Å². The van der Waals surface area contributed by atoms with Crippen LogP contribution in [-0.4, -0.2) is 29.7 Å². The molecule has 6 nitrogen and oxygen atoms in total. The van der Waals surface area contributed by atoms with E-state index in [1.165, 1.54) is 24.3 Å². The van der Waals surface area contributed by atoms with Gasteiger partial charge >= 0.3 is 5.97 Å². The van der Waals surface area contributed by atoms with E-state index in [0.717, 1.165) is 16.7 Å². The molecule has 0 radical (unpaired) electrons. The number of benzene rings is 5. The zero-order valence-electron chi connectivity index (χ0n) is 25.1. The number of anilines is 2. The van der Waals surface area contributed by atoms with E-state index in [-0.39, 0.29) is 11.5 Å². The summed E-state index contributed by atoms with van der Waals surface area (Å²) < 4.78 is 20.6. The fourth-order valence-electron chi connectivity index (χ4n) is 7.66. The monoisotopic (exact) mass is 620 g/mol. The number of nitrogens with zero attached hydrogens (tertiary/aromatic N) is 1. The summed E-state index contributed by atoms with van der Waals surface area (Å²) in [5.74, 6) is -3.19. The lowest BCUT2D eigenvalue weighted by atomic mass is 9.64. The smallest absolute Gasteiger partial charge is 0.330 e. The lowest BCUT2D eigenvalue weighted by molar-refractivity contribution is -0.150. The van der Waals surface area contributed by atoms with Crippen LogP contribution in [0.1, 0.15) is 38.7 Å². The van der Waals surface area contributed by atoms with Crippen LogP contribution in [0.25, 0.3) is 6.08 Å². The third-order valence-electron chi connectivity index (χ3n) is 9.63. The zero-order valence-corrected chi connectivity index (χ0v) is 25.1. The fraction of sp³-hybridized carbons (Fsp3) is 0.125. The van der Waals surface area contributed by atoms with Crippen LogP contribution in [0.5, 0.6) is 0 Å². The average Bonchev–Trinajstić information content (AvgIpc) is 3.60. The predicted octanol–water partition coefficient (Wildman–Crippen LogP) is 7.13. The highest BCUT2D eigenvalue weighted by Gasteiger charge is 2.71. The minimum Gasteiger partial charge on any atom is -0.451 e. The molecule has 1 saturated heterocycles. The van der Waals surface area contributed by atoms with E-state index in [1.807, 2.05) is 120 Å². The van der Waals surface area contributed by atoms with Gasteiger partial charge in [0, 0.05) is 16.9 Å². The summed E-state index contributed by atoms with van der Waals surface area (Å²) in [6.45, 7) is 0. The molecule has 3 heterocycles. The first-order valence-electron chi connectivity index (χ1n) is 15.5. The molecule has 1 N–H and O–H groups in total. The molecule has 3 aliphatic rings. The summed E-state index contributed by atoms with van der Waals surface area (Å²) in [5, 5.41) is 3.02. The normalized spacial score (nSPS) is 22.0. The number of esters is 1. The molecule has 230 valence electrons. The van der Waals surface area contributed by atoms with Gasteiger partial charge in [0.25, 0.3) is 0 Å². The Balaban J connectivity index is 1.35. The first-order valence-corrected chi connectivity index (χ1v) is 15.5. The van der Waals surface area contributed by atoms with Crippen molar-refractivity contribution in [2.24, 2.45) is 5.92 Å². The second-order valence-electron chi connectivity index (χ2n) is 12.1. The molecule has 1 amide bonds. The van der Waals surface area contributed by atoms with Gasteiger partial charge in [-0.1, -0.05) is 109 Å². The summed E-state index contributed by atoms with van der Waals surface area (Å²) in [6, 6.07) is 37.1. The Morgan fingerprint density at radius 1 is 0.766 bits per heavy atom. The SMILES string of the molecule is O=C(OC(c1ccccc1)c1ccccc1)[C@@H]1[C@H](C(=O)c2ccc(F)cc2)[C@]2(C(=O)Nc3ccccc32)[C@@H]2C=Cc3ccccc3N12. The van der Waals surface area contributed by atoms with Gasteiger partial charge in [-0.25, -0.2) is 9.18 Å². The van der Waals surface area contributed by atoms with E-state index in [9.17, 15) is 18.8 Å². The Morgan fingerprint density at radius 2 is 1.38 bits per heavy atom. The molecular weight excluding hydrogens is 591 g/mol. The number of rotatable bonds is 6. The van der Waals surface area contributed by atoms with Crippen LogP contribution in [0.2, 0.25) is 0 Å². The molecule has 7 heteroatoms. The number of Topliss-reactive ketones (excluding diaryl/α,β-unsaturated/α-hetero) is 1. The minimum absolute atomic E-state index is 0.200. The number of ketones is 1. The topological polar surface area (TPSA) is 75.7 Å². The summed E-state index contributed by atoms with van der Waals surface area (Å²) >= 11 is 0. The third kappa shape index (κ3) is 4.41. The number of carbonyl (C=O) groups is 3. The van der Waals surface area contributed by atoms with E-state index in [0.29, 0.717) is 16.9 Å². The average molecular weight is 621 g/mol. The lowest BCUT2D eigenvalue weighted by Gasteiger charge is -2.37. The van der Waals surface area contributed by atoms with E-state index in [2.05, 4.69) is 5.32 Å². The first kappa shape index (κ1) is 28.6. The van der Waals surface area contributed by atoms with Gasteiger partial charge in [-0.3, -0.25) is 9.59 Å². The molecule has 3 aliphatic heterocycles. The minimum atomic E-state index is -1.50. The van der Waals surface area contributed by atoms with E-state index < -0.39 is 47.1 Å². The molecule has 47 heavy (non-hydrogen) atoms. The highest BCUT2D eigenvalue weighted by molar-refractivity contribution is 6.16. The van der Waals surface area contributed by atoms with Gasteiger partial charge in [-0.05, 0) is 58.7 Å². The molecule has 8 rings (SSSR count). The summed E-state index contributed by atoms with van der Waals surface area (Å²) in [6.07, 6.45) is 3.08. The largest absolute Gasteiger partial charge is 0.451 e. The molecule has 0 saturated carbocycles. The van der Waals surface area contributed by atoms with Gasteiger partial charge in [0.2, 0.25) is 5.91 Å². The van der Waals surface area contributed by atoms with Crippen LogP contribution in [0, 0.1) is 11.7 Å². The fourth-order valence-corrected chi connectivity index (χ4v) is 7.66. The van der Waals surface area contributed by atoms with Gasteiger partial charge in [-0.15, -0.1) is 0 Å². The standard InChI is InChI=1S/C40H29FN2O4/c41-29-22-19-26(20-23-29)36(44)34-35(38(45)47-37(27-12-3-1-4-13-27)28-14-5-2-6-15-28)43-32-18-10-7-11-25(32)21-24-33(43)40(34)30-16-8-9-17-31(30)42-39(40)46/h1-24,33-35,37H,(H,42,46)/t33-,34+,35-,40+/m0/s1. The van der Waals surface area contributed by atoms with Crippen molar-refractivity contribution in [1.29, 1.82) is 0 Å². The molecule has 5 aromatic rings. The van der Waals surface area contributed by atoms with Crippen molar-refractivity contribution in [1.82, 2.24) is 0 Å². The summed E-state index contributed by atoms with van der Waals surface area (Å²) in [5.41, 5.74) is 3.01. The lowest BCUT2D eigenvalue weighted by Crippen LogP contribution is -2.51. The third-order valence-corrected chi connectivity index (χ3v) is 9.63. The van der Waals surface area contributed by atoms with Crippen LogP contribution in [-0.2, 0) is 19.7 Å². The van der Waals surface area contributed by atoms with Gasteiger partial charge in [-0.2, -0.15) is 0 Å². The maximum Gasteiger partial charge on any atom is 0.330 e. The molecule has 0 aliphatic carbocycles. The zero-order chi connectivity index (χ0) is 32.1. The van der Waals surface area contributed by atoms with Crippen molar-refractivity contribution < 1.29 is 23.5 Å². The highest BCUT2D eigenvalue weighted by atomic mass is 19.1. The number of nitrogens with one attached hydrogen (secondary N) is 1. The predicted molar refractivity (Wildman–Crippen MR) is 177 cm³/mol. The molecule has 4 atom stereocenters. The number of fused-ring (bicyclic) bond motifs is 6. The number of ether oxygens (including phenoxy) is 1. The van der Waals surface area contributed by atoms with Crippen molar-refractivity contribution in [3.05, 3.63) is 173 Å².